The Morgan fingerprint density at radius 1 is 1.24 bits per heavy atom. The first-order valence-electron chi connectivity index (χ1n) is 7.00. The molecular weight excluding hydrogens is 290 g/mol. The molecule has 0 saturated heterocycles. The summed E-state index contributed by atoms with van der Waals surface area (Å²) in [6.07, 6.45) is 0.631. The monoisotopic (exact) mass is 313 g/mol. The van der Waals surface area contributed by atoms with Crippen LogP contribution in [0.15, 0.2) is 24.3 Å². The van der Waals surface area contributed by atoms with Gasteiger partial charge in [-0.05, 0) is 49.9 Å². The minimum absolute atomic E-state index is 0.105. The lowest BCUT2D eigenvalue weighted by molar-refractivity contribution is -0.134. The molecule has 0 aliphatic heterocycles. The summed E-state index contributed by atoms with van der Waals surface area (Å²) >= 11 is 5.82. The van der Waals surface area contributed by atoms with Gasteiger partial charge in [-0.15, -0.1) is 0 Å². The van der Waals surface area contributed by atoms with Crippen molar-refractivity contribution in [3.05, 3.63) is 29.3 Å². The van der Waals surface area contributed by atoms with E-state index >= 15 is 0 Å². The standard InChI is InChI=1S/C16H24ClNO3/c1-15(2,9-10-19)11-18-14(20)16(3,4)21-13-7-5-12(17)6-8-13/h5-8,19H,9-11H2,1-4H3,(H,18,20). The zero-order chi connectivity index (χ0) is 16.1. The Bertz CT molecular complexity index is 469. The van der Waals surface area contributed by atoms with Crippen molar-refractivity contribution in [2.24, 2.45) is 5.41 Å². The van der Waals surface area contributed by atoms with Crippen molar-refractivity contribution in [2.75, 3.05) is 13.2 Å². The van der Waals surface area contributed by atoms with Gasteiger partial charge < -0.3 is 15.2 Å². The molecule has 0 unspecified atom stereocenters. The summed E-state index contributed by atoms with van der Waals surface area (Å²) in [4.78, 5) is 12.3. The third-order valence-corrected chi connectivity index (χ3v) is 3.50. The van der Waals surface area contributed by atoms with Crippen LogP contribution in [0.2, 0.25) is 5.02 Å². The third kappa shape index (κ3) is 5.94. The average molecular weight is 314 g/mol. The van der Waals surface area contributed by atoms with Crippen LogP contribution in [0.3, 0.4) is 0 Å². The second kappa shape index (κ2) is 7.14. The number of aliphatic hydroxyl groups is 1. The number of hydrogen-bond acceptors (Lipinski definition) is 3. The van der Waals surface area contributed by atoms with Crippen LogP contribution < -0.4 is 10.1 Å². The van der Waals surface area contributed by atoms with E-state index in [9.17, 15) is 4.79 Å². The topological polar surface area (TPSA) is 58.6 Å². The molecule has 1 rings (SSSR count). The van der Waals surface area contributed by atoms with Crippen LogP contribution in [0.1, 0.15) is 34.1 Å². The third-order valence-electron chi connectivity index (χ3n) is 3.25. The number of carbonyl (C=O) groups is 1. The number of nitrogens with one attached hydrogen (secondary N) is 1. The molecule has 0 heterocycles. The maximum Gasteiger partial charge on any atom is 0.263 e. The predicted molar refractivity (Wildman–Crippen MR) is 84.7 cm³/mol. The van der Waals surface area contributed by atoms with Crippen molar-refractivity contribution in [3.63, 3.8) is 0 Å². The summed E-state index contributed by atoms with van der Waals surface area (Å²) in [5, 5.41) is 12.5. The average Bonchev–Trinajstić information content (AvgIpc) is 2.38. The molecule has 1 amide bonds. The van der Waals surface area contributed by atoms with Gasteiger partial charge in [0.2, 0.25) is 0 Å². The number of amides is 1. The molecule has 0 spiro atoms. The number of aliphatic hydroxyl groups excluding tert-OH is 1. The molecule has 0 aliphatic carbocycles. The van der Waals surface area contributed by atoms with Crippen molar-refractivity contribution in [1.82, 2.24) is 5.32 Å². The Morgan fingerprint density at radius 2 is 1.81 bits per heavy atom. The van der Waals surface area contributed by atoms with E-state index in [1.807, 2.05) is 13.8 Å². The lowest BCUT2D eigenvalue weighted by atomic mass is 9.89. The van der Waals surface area contributed by atoms with Gasteiger partial charge in [0.1, 0.15) is 5.75 Å². The fourth-order valence-corrected chi connectivity index (χ4v) is 1.89. The molecule has 1 aromatic carbocycles. The molecule has 0 aliphatic rings. The van der Waals surface area contributed by atoms with Gasteiger partial charge in [-0.25, -0.2) is 0 Å². The Balaban J connectivity index is 2.60. The number of hydrogen-bond donors (Lipinski definition) is 2. The molecule has 21 heavy (non-hydrogen) atoms. The van der Waals surface area contributed by atoms with Gasteiger partial charge >= 0.3 is 0 Å². The number of carbonyl (C=O) groups excluding carboxylic acids is 1. The van der Waals surface area contributed by atoms with Gasteiger partial charge in [0.05, 0.1) is 0 Å². The maximum atomic E-state index is 12.3. The maximum absolute atomic E-state index is 12.3. The molecule has 0 atom stereocenters. The van der Waals surface area contributed by atoms with Gasteiger partial charge in [0.15, 0.2) is 5.60 Å². The molecule has 0 aromatic heterocycles. The highest BCUT2D eigenvalue weighted by Gasteiger charge is 2.31. The van der Waals surface area contributed by atoms with E-state index in [-0.39, 0.29) is 17.9 Å². The smallest absolute Gasteiger partial charge is 0.263 e. The summed E-state index contributed by atoms with van der Waals surface area (Å²) in [5.41, 5.74) is -1.14. The van der Waals surface area contributed by atoms with Crippen molar-refractivity contribution in [3.8, 4) is 5.75 Å². The van der Waals surface area contributed by atoms with Gasteiger partial charge in [0, 0.05) is 18.2 Å². The van der Waals surface area contributed by atoms with Crippen molar-refractivity contribution < 1.29 is 14.6 Å². The molecule has 118 valence electrons. The van der Waals surface area contributed by atoms with Gasteiger partial charge in [-0.1, -0.05) is 25.4 Å². The van der Waals surface area contributed by atoms with Crippen LogP contribution in [0.5, 0.6) is 5.75 Å². The Hall–Kier alpha value is -1.26. The van der Waals surface area contributed by atoms with Crippen LogP contribution in [-0.4, -0.2) is 29.8 Å². The molecule has 4 nitrogen and oxygen atoms in total. The van der Waals surface area contributed by atoms with Gasteiger partial charge in [0.25, 0.3) is 5.91 Å². The largest absolute Gasteiger partial charge is 0.478 e. The zero-order valence-corrected chi connectivity index (χ0v) is 13.8. The Kier molecular flexibility index (Phi) is 6.05. The number of benzene rings is 1. The van der Waals surface area contributed by atoms with E-state index in [0.717, 1.165) is 0 Å². The van der Waals surface area contributed by atoms with Gasteiger partial charge in [-0.2, -0.15) is 0 Å². The van der Waals surface area contributed by atoms with Crippen LogP contribution in [-0.2, 0) is 4.79 Å². The molecule has 0 bridgehead atoms. The number of ether oxygens (including phenoxy) is 1. The molecule has 0 saturated carbocycles. The van der Waals surface area contributed by atoms with E-state index in [1.165, 1.54) is 0 Å². The van der Waals surface area contributed by atoms with Crippen LogP contribution in [0.4, 0.5) is 0 Å². The predicted octanol–water partition coefficient (Wildman–Crippen LogP) is 3.02. The van der Waals surface area contributed by atoms with Crippen molar-refractivity contribution in [1.29, 1.82) is 0 Å². The zero-order valence-electron chi connectivity index (χ0n) is 13.1. The molecular formula is C16H24ClNO3. The highest BCUT2D eigenvalue weighted by atomic mass is 35.5. The van der Waals surface area contributed by atoms with Gasteiger partial charge in [-0.3, -0.25) is 4.79 Å². The van der Waals surface area contributed by atoms with E-state index in [0.29, 0.717) is 23.7 Å². The lowest BCUT2D eigenvalue weighted by Gasteiger charge is -2.29. The molecule has 2 N–H and O–H groups in total. The second-order valence-electron chi connectivity index (χ2n) is 6.39. The minimum atomic E-state index is -0.983. The Labute approximate surface area is 131 Å². The first-order valence-corrected chi connectivity index (χ1v) is 7.38. The highest BCUT2D eigenvalue weighted by molar-refractivity contribution is 6.30. The SMILES string of the molecule is CC(C)(CCO)CNC(=O)C(C)(C)Oc1ccc(Cl)cc1. The number of rotatable bonds is 7. The van der Waals surface area contributed by atoms with E-state index in [2.05, 4.69) is 5.32 Å². The Morgan fingerprint density at radius 3 is 2.33 bits per heavy atom. The highest BCUT2D eigenvalue weighted by Crippen LogP contribution is 2.22. The molecule has 0 fully saturated rings. The molecule has 0 radical (unpaired) electrons. The minimum Gasteiger partial charge on any atom is -0.478 e. The van der Waals surface area contributed by atoms with Crippen LogP contribution in [0, 0.1) is 5.41 Å². The second-order valence-corrected chi connectivity index (χ2v) is 6.82. The number of halogens is 1. The first kappa shape index (κ1) is 17.8. The fraction of sp³-hybridized carbons (Fsp3) is 0.562. The van der Waals surface area contributed by atoms with Crippen molar-refractivity contribution >= 4 is 17.5 Å². The lowest BCUT2D eigenvalue weighted by Crippen LogP contribution is -2.49. The van der Waals surface area contributed by atoms with Crippen molar-refractivity contribution in [2.45, 2.75) is 39.7 Å². The molecule has 1 aromatic rings. The van der Waals surface area contributed by atoms with E-state index in [4.69, 9.17) is 21.4 Å². The summed E-state index contributed by atoms with van der Waals surface area (Å²) in [6.45, 7) is 8.02. The van der Waals surface area contributed by atoms with Crippen LogP contribution in [0.25, 0.3) is 0 Å². The summed E-state index contributed by atoms with van der Waals surface area (Å²) in [5.74, 6) is 0.401. The summed E-state index contributed by atoms with van der Waals surface area (Å²) in [7, 11) is 0. The fourth-order valence-electron chi connectivity index (χ4n) is 1.77. The first-order chi connectivity index (χ1) is 9.66. The summed E-state index contributed by atoms with van der Waals surface area (Å²) < 4.78 is 5.72. The molecule has 5 heteroatoms. The summed E-state index contributed by atoms with van der Waals surface area (Å²) in [6, 6.07) is 6.89. The normalized spacial score (nSPS) is 12.1. The van der Waals surface area contributed by atoms with E-state index < -0.39 is 5.60 Å². The quantitative estimate of drug-likeness (QED) is 0.813. The van der Waals surface area contributed by atoms with E-state index in [1.54, 1.807) is 38.1 Å². The van der Waals surface area contributed by atoms with Crippen LogP contribution >= 0.6 is 11.6 Å².